The number of ether oxygens (including phenoxy) is 1. The van der Waals surface area contributed by atoms with E-state index in [1.807, 2.05) is 37.7 Å². The number of rotatable bonds is 12. The summed E-state index contributed by atoms with van der Waals surface area (Å²) in [4.78, 5) is 24.7. The maximum Gasteiger partial charge on any atom is 0.252 e. The number of nitrogens with one attached hydrogen (secondary N) is 2. The van der Waals surface area contributed by atoms with Crippen LogP contribution in [0.15, 0.2) is 41.0 Å². The lowest BCUT2D eigenvalue weighted by atomic mass is 9.95. The second kappa shape index (κ2) is 16.6. The fourth-order valence-electron chi connectivity index (χ4n) is 2.69. The van der Waals surface area contributed by atoms with Gasteiger partial charge in [0.15, 0.2) is 0 Å². The first-order valence-electron chi connectivity index (χ1n) is 11.0. The van der Waals surface area contributed by atoms with Crippen LogP contribution in [-0.4, -0.2) is 48.8 Å². The summed E-state index contributed by atoms with van der Waals surface area (Å²) in [5, 5.41) is 5.38. The number of amides is 2. The first-order chi connectivity index (χ1) is 15.8. The molecule has 1 heterocycles. The summed E-state index contributed by atoms with van der Waals surface area (Å²) in [7, 11) is 0. The average molecular weight is 496 g/mol. The van der Waals surface area contributed by atoms with Crippen molar-refractivity contribution in [3.8, 4) is 0 Å². The lowest BCUT2D eigenvalue weighted by molar-refractivity contribution is -0.120. The van der Waals surface area contributed by atoms with Gasteiger partial charge in [0.05, 0.1) is 32.6 Å². The Morgan fingerprint density at radius 3 is 2.55 bits per heavy atom. The number of benzene rings is 1. The van der Waals surface area contributed by atoms with Gasteiger partial charge >= 0.3 is 0 Å². The minimum absolute atomic E-state index is 0.116. The molecule has 1 unspecified atom stereocenters. The zero-order chi connectivity index (χ0) is 24.6. The van der Waals surface area contributed by atoms with Crippen molar-refractivity contribution in [3.05, 3.63) is 59.0 Å². The van der Waals surface area contributed by atoms with Crippen LogP contribution in [0.1, 0.15) is 53.9 Å². The van der Waals surface area contributed by atoms with Crippen molar-refractivity contribution in [1.29, 1.82) is 0 Å². The highest BCUT2D eigenvalue weighted by molar-refractivity contribution is 7.98. The summed E-state index contributed by atoms with van der Waals surface area (Å²) in [5.41, 5.74) is 8.11. The summed E-state index contributed by atoms with van der Waals surface area (Å²) < 4.78 is 10.8. The molecule has 1 atom stereocenters. The normalized spacial score (nSPS) is 11.5. The van der Waals surface area contributed by atoms with E-state index in [9.17, 15) is 9.59 Å². The number of carbonyl (C=O) groups excluding carboxylic acids is 2. The number of carbonyl (C=O) groups is 2. The van der Waals surface area contributed by atoms with E-state index in [2.05, 4.69) is 36.4 Å². The standard InChI is InChI=1S/C21H29N3O4S.C3H8S/c1-14(2)18-6-5-15(11-27-12-16(22)13-29)8-19(18)21(26)24-10-20(25)23-9-17-4-3-7-28-17;1-3-4-2/h3-8,14,16,29H,9-13,22H2,1-2H3,(H,23,25)(H,24,26);3H2,1-2H3. The smallest absolute Gasteiger partial charge is 0.252 e. The predicted molar refractivity (Wildman–Crippen MR) is 139 cm³/mol. The van der Waals surface area contributed by atoms with Gasteiger partial charge in [-0.25, -0.2) is 0 Å². The van der Waals surface area contributed by atoms with Gasteiger partial charge in [-0.05, 0) is 47.3 Å². The first kappa shape index (κ1) is 29.1. The van der Waals surface area contributed by atoms with E-state index in [-0.39, 0.29) is 36.9 Å². The molecule has 0 saturated heterocycles. The molecule has 0 fully saturated rings. The van der Waals surface area contributed by atoms with Gasteiger partial charge in [0.1, 0.15) is 5.76 Å². The molecule has 0 spiro atoms. The van der Waals surface area contributed by atoms with Crippen LogP contribution in [0.2, 0.25) is 0 Å². The third kappa shape index (κ3) is 11.7. The van der Waals surface area contributed by atoms with E-state index in [0.717, 1.165) is 11.1 Å². The molecular weight excluding hydrogens is 458 g/mol. The zero-order valence-electron chi connectivity index (χ0n) is 19.9. The van der Waals surface area contributed by atoms with Gasteiger partial charge in [0, 0.05) is 17.4 Å². The zero-order valence-corrected chi connectivity index (χ0v) is 21.6. The molecule has 9 heteroatoms. The van der Waals surface area contributed by atoms with Gasteiger partial charge in [-0.2, -0.15) is 24.4 Å². The number of nitrogens with two attached hydrogens (primary N) is 1. The third-order valence-corrected chi connectivity index (χ3v) is 5.60. The molecule has 0 saturated carbocycles. The maximum atomic E-state index is 12.7. The molecule has 2 aromatic rings. The van der Waals surface area contributed by atoms with E-state index < -0.39 is 0 Å². The summed E-state index contributed by atoms with van der Waals surface area (Å²) in [6.45, 7) is 7.09. The molecule has 33 heavy (non-hydrogen) atoms. The number of thioether (sulfide) groups is 1. The largest absolute Gasteiger partial charge is 0.467 e. The Kier molecular flexibility index (Phi) is 14.7. The highest BCUT2D eigenvalue weighted by Gasteiger charge is 2.16. The van der Waals surface area contributed by atoms with E-state index in [0.29, 0.717) is 30.3 Å². The topological polar surface area (TPSA) is 107 Å². The van der Waals surface area contributed by atoms with Crippen molar-refractivity contribution in [2.75, 3.05) is 30.9 Å². The molecule has 184 valence electrons. The Labute approximate surface area is 207 Å². The van der Waals surface area contributed by atoms with E-state index in [1.54, 1.807) is 24.5 Å². The number of furan rings is 1. The monoisotopic (exact) mass is 495 g/mol. The van der Waals surface area contributed by atoms with Crippen LogP contribution in [0.25, 0.3) is 0 Å². The highest BCUT2D eigenvalue weighted by Crippen LogP contribution is 2.21. The van der Waals surface area contributed by atoms with Crippen LogP contribution in [0.4, 0.5) is 0 Å². The van der Waals surface area contributed by atoms with Gasteiger partial charge < -0.3 is 25.5 Å². The molecule has 0 bridgehead atoms. The van der Waals surface area contributed by atoms with Crippen LogP contribution in [-0.2, 0) is 22.7 Å². The molecule has 1 aromatic carbocycles. The van der Waals surface area contributed by atoms with E-state index >= 15 is 0 Å². The minimum Gasteiger partial charge on any atom is -0.467 e. The molecule has 2 amide bonds. The Balaban J connectivity index is 0.00000125. The Hall–Kier alpha value is -1.94. The van der Waals surface area contributed by atoms with Crippen LogP contribution >= 0.6 is 24.4 Å². The Morgan fingerprint density at radius 2 is 1.97 bits per heavy atom. The fraction of sp³-hybridized carbons (Fsp3) is 0.500. The van der Waals surface area contributed by atoms with Crippen molar-refractivity contribution in [3.63, 3.8) is 0 Å². The minimum atomic E-state index is -0.296. The van der Waals surface area contributed by atoms with Crippen molar-refractivity contribution < 1.29 is 18.7 Å². The van der Waals surface area contributed by atoms with Gasteiger partial charge in [-0.15, -0.1) is 0 Å². The second-order valence-electron chi connectivity index (χ2n) is 7.65. The van der Waals surface area contributed by atoms with Crippen LogP contribution in [0, 0.1) is 0 Å². The molecule has 1 aromatic heterocycles. The fourth-order valence-corrected chi connectivity index (χ4v) is 2.80. The lowest BCUT2D eigenvalue weighted by Gasteiger charge is -2.15. The maximum absolute atomic E-state index is 12.7. The molecule has 2 rings (SSSR count). The Bertz CT molecular complexity index is 827. The molecular formula is C24H37N3O4S2. The molecule has 4 N–H and O–H groups in total. The molecule has 0 aliphatic rings. The van der Waals surface area contributed by atoms with Gasteiger partial charge in [0.2, 0.25) is 5.91 Å². The first-order valence-corrected chi connectivity index (χ1v) is 13.0. The van der Waals surface area contributed by atoms with Crippen molar-refractivity contribution in [2.45, 2.75) is 45.9 Å². The number of hydrogen-bond donors (Lipinski definition) is 4. The van der Waals surface area contributed by atoms with Gasteiger partial charge in [-0.3, -0.25) is 9.59 Å². The van der Waals surface area contributed by atoms with E-state index in [4.69, 9.17) is 14.9 Å². The third-order valence-electron chi connectivity index (χ3n) is 4.56. The van der Waals surface area contributed by atoms with E-state index in [1.165, 1.54) is 5.75 Å². The summed E-state index contributed by atoms with van der Waals surface area (Å²) in [6, 6.07) is 9.06. The lowest BCUT2D eigenvalue weighted by Crippen LogP contribution is -2.37. The molecule has 0 aliphatic carbocycles. The number of thiol groups is 1. The van der Waals surface area contributed by atoms with Crippen LogP contribution < -0.4 is 16.4 Å². The van der Waals surface area contributed by atoms with Crippen molar-refractivity contribution in [2.24, 2.45) is 5.73 Å². The highest BCUT2D eigenvalue weighted by atomic mass is 32.2. The molecule has 0 aliphatic heterocycles. The van der Waals surface area contributed by atoms with Crippen molar-refractivity contribution >= 4 is 36.2 Å². The summed E-state index contributed by atoms with van der Waals surface area (Å²) >= 11 is 5.99. The van der Waals surface area contributed by atoms with Crippen molar-refractivity contribution in [1.82, 2.24) is 10.6 Å². The predicted octanol–water partition coefficient (Wildman–Crippen LogP) is 3.59. The number of hydrogen-bond acceptors (Lipinski definition) is 7. The Morgan fingerprint density at radius 1 is 1.24 bits per heavy atom. The quantitative estimate of drug-likeness (QED) is 0.335. The molecule has 7 nitrogen and oxygen atoms in total. The summed E-state index contributed by atoms with van der Waals surface area (Å²) in [6.07, 6.45) is 3.64. The van der Waals surface area contributed by atoms with Gasteiger partial charge in [0.25, 0.3) is 5.91 Å². The second-order valence-corrected chi connectivity index (χ2v) is 9.17. The average Bonchev–Trinajstić information content (AvgIpc) is 3.34. The van der Waals surface area contributed by atoms with Crippen LogP contribution in [0.3, 0.4) is 0 Å². The SMILES string of the molecule is CC(C)c1ccc(COCC(N)CS)cc1C(=O)NCC(=O)NCc1ccco1.CCSC. The van der Waals surface area contributed by atoms with Crippen LogP contribution in [0.5, 0.6) is 0 Å². The van der Waals surface area contributed by atoms with Gasteiger partial charge in [-0.1, -0.05) is 32.9 Å². The molecule has 0 radical (unpaired) electrons. The summed E-state index contributed by atoms with van der Waals surface area (Å²) in [5.74, 6) is 2.01.